The van der Waals surface area contributed by atoms with Crippen LogP contribution in [0.25, 0.3) is 11.3 Å². The van der Waals surface area contributed by atoms with Crippen molar-refractivity contribution in [3.8, 4) is 17.0 Å². The number of nitrogens with zero attached hydrogens (tertiary/aromatic N) is 1. The second-order valence-electron chi connectivity index (χ2n) is 3.27. The molecule has 3 nitrogen and oxygen atoms in total. The molecule has 16 heavy (non-hydrogen) atoms. The monoisotopic (exact) mass is 281 g/mol. The molecule has 0 fully saturated rings. The van der Waals surface area contributed by atoms with Crippen LogP contribution in [0.5, 0.6) is 5.75 Å². The molecule has 4 heteroatoms. The first-order valence-corrected chi connectivity index (χ1v) is 6.20. The zero-order valence-corrected chi connectivity index (χ0v) is 10.5. The molecule has 0 N–H and O–H groups in total. The van der Waals surface area contributed by atoms with Crippen LogP contribution in [-0.4, -0.2) is 11.8 Å². The van der Waals surface area contributed by atoms with Crippen molar-refractivity contribution in [2.24, 2.45) is 0 Å². The summed E-state index contributed by atoms with van der Waals surface area (Å²) in [6.45, 7) is 2.64. The van der Waals surface area contributed by atoms with E-state index in [-0.39, 0.29) is 0 Å². The topological polar surface area (TPSA) is 35.3 Å². The number of hydrogen-bond donors (Lipinski definition) is 0. The number of rotatable bonds is 4. The molecule has 0 unspecified atom stereocenters. The minimum Gasteiger partial charge on any atom is -0.494 e. The lowest BCUT2D eigenvalue weighted by Gasteiger charge is -2.02. The molecular formula is C12H12BrNO2. The number of alkyl halides is 1. The van der Waals surface area contributed by atoms with Gasteiger partial charge in [-0.3, -0.25) is 0 Å². The van der Waals surface area contributed by atoms with Crippen molar-refractivity contribution < 1.29 is 9.26 Å². The minimum atomic E-state index is 0.678. The van der Waals surface area contributed by atoms with Crippen molar-refractivity contribution in [1.82, 2.24) is 5.16 Å². The predicted molar refractivity (Wildman–Crippen MR) is 65.7 cm³/mol. The van der Waals surface area contributed by atoms with Crippen molar-refractivity contribution in [3.63, 3.8) is 0 Å². The molecule has 0 aliphatic heterocycles. The zero-order chi connectivity index (χ0) is 11.4. The largest absolute Gasteiger partial charge is 0.494 e. The van der Waals surface area contributed by atoms with Crippen LogP contribution in [0.4, 0.5) is 0 Å². The molecule has 0 saturated heterocycles. The Balaban J connectivity index is 2.20. The van der Waals surface area contributed by atoms with E-state index in [1.165, 1.54) is 0 Å². The summed E-state index contributed by atoms with van der Waals surface area (Å²) in [4.78, 5) is 0. The van der Waals surface area contributed by atoms with E-state index >= 15 is 0 Å². The number of aromatic nitrogens is 1. The quantitative estimate of drug-likeness (QED) is 0.803. The molecule has 0 amide bonds. The third-order valence-corrected chi connectivity index (χ3v) is 2.70. The molecule has 0 radical (unpaired) electrons. The fourth-order valence-electron chi connectivity index (χ4n) is 1.40. The van der Waals surface area contributed by atoms with Gasteiger partial charge in [0, 0.05) is 11.6 Å². The Labute approximate surface area is 103 Å². The van der Waals surface area contributed by atoms with Crippen molar-refractivity contribution in [1.29, 1.82) is 0 Å². The van der Waals surface area contributed by atoms with E-state index in [0.717, 1.165) is 22.8 Å². The van der Waals surface area contributed by atoms with Crippen LogP contribution in [0.15, 0.2) is 34.9 Å². The molecule has 0 spiro atoms. The fraction of sp³-hybridized carbons (Fsp3) is 0.250. The summed E-state index contributed by atoms with van der Waals surface area (Å²) in [5.41, 5.74) is 1.87. The Morgan fingerprint density at radius 2 is 2.06 bits per heavy atom. The third kappa shape index (κ3) is 2.44. The SMILES string of the molecule is CCOc1ccc(-c2cc(CBr)on2)cc1. The molecule has 0 aliphatic rings. The highest BCUT2D eigenvalue weighted by Gasteiger charge is 2.05. The number of ether oxygens (including phenoxy) is 1. The first-order chi connectivity index (χ1) is 7.83. The molecule has 0 aliphatic carbocycles. The molecule has 1 aromatic carbocycles. The van der Waals surface area contributed by atoms with Gasteiger partial charge in [0.1, 0.15) is 17.2 Å². The molecular weight excluding hydrogens is 270 g/mol. The van der Waals surface area contributed by atoms with E-state index in [1.54, 1.807) is 0 Å². The average molecular weight is 282 g/mol. The smallest absolute Gasteiger partial charge is 0.147 e. The van der Waals surface area contributed by atoms with Crippen LogP contribution in [-0.2, 0) is 5.33 Å². The van der Waals surface area contributed by atoms with Gasteiger partial charge < -0.3 is 9.26 Å². The first kappa shape index (κ1) is 11.2. The lowest BCUT2D eigenvalue weighted by molar-refractivity contribution is 0.340. The van der Waals surface area contributed by atoms with Crippen LogP contribution < -0.4 is 4.74 Å². The lowest BCUT2D eigenvalue weighted by atomic mass is 10.1. The highest BCUT2D eigenvalue weighted by molar-refractivity contribution is 9.08. The molecule has 1 aromatic heterocycles. The van der Waals surface area contributed by atoms with Crippen LogP contribution in [0.2, 0.25) is 0 Å². The molecule has 84 valence electrons. The van der Waals surface area contributed by atoms with Gasteiger partial charge in [-0.05, 0) is 31.2 Å². The summed E-state index contributed by atoms with van der Waals surface area (Å²) in [7, 11) is 0. The van der Waals surface area contributed by atoms with Gasteiger partial charge in [-0.25, -0.2) is 0 Å². The molecule has 0 bridgehead atoms. The van der Waals surface area contributed by atoms with Gasteiger partial charge in [-0.15, -0.1) is 0 Å². The molecule has 2 aromatic rings. The van der Waals surface area contributed by atoms with E-state index in [4.69, 9.17) is 9.26 Å². The van der Waals surface area contributed by atoms with Gasteiger partial charge >= 0.3 is 0 Å². The Bertz CT molecular complexity index is 450. The molecule has 0 saturated carbocycles. The fourth-order valence-corrected chi connectivity index (χ4v) is 1.66. The van der Waals surface area contributed by atoms with Gasteiger partial charge in [-0.2, -0.15) is 0 Å². The summed E-state index contributed by atoms with van der Waals surface area (Å²) >= 11 is 3.32. The summed E-state index contributed by atoms with van der Waals surface area (Å²) in [5, 5.41) is 4.66. The Kier molecular flexibility index (Phi) is 3.62. The third-order valence-electron chi connectivity index (χ3n) is 2.15. The van der Waals surface area contributed by atoms with Gasteiger partial charge in [0.05, 0.1) is 11.9 Å². The minimum absolute atomic E-state index is 0.678. The second kappa shape index (κ2) is 5.16. The number of benzene rings is 1. The van der Waals surface area contributed by atoms with Gasteiger partial charge in [-0.1, -0.05) is 21.1 Å². The Morgan fingerprint density at radius 3 is 2.62 bits per heavy atom. The van der Waals surface area contributed by atoms with E-state index in [1.807, 2.05) is 37.3 Å². The average Bonchev–Trinajstić information content (AvgIpc) is 2.79. The molecule has 2 rings (SSSR count). The van der Waals surface area contributed by atoms with Crippen LogP contribution in [0, 0.1) is 0 Å². The lowest BCUT2D eigenvalue weighted by Crippen LogP contribution is -1.90. The van der Waals surface area contributed by atoms with E-state index in [2.05, 4.69) is 21.1 Å². The maximum absolute atomic E-state index is 5.37. The summed E-state index contributed by atoms with van der Waals surface area (Å²) in [6.07, 6.45) is 0. The van der Waals surface area contributed by atoms with Gasteiger partial charge in [0.25, 0.3) is 0 Å². The number of hydrogen-bond acceptors (Lipinski definition) is 3. The highest BCUT2D eigenvalue weighted by atomic mass is 79.9. The maximum Gasteiger partial charge on any atom is 0.147 e. The second-order valence-corrected chi connectivity index (χ2v) is 3.83. The maximum atomic E-state index is 5.37. The Hall–Kier alpha value is -1.29. The summed E-state index contributed by atoms with van der Waals surface area (Å²) in [6, 6.07) is 9.73. The van der Waals surface area contributed by atoms with Crippen molar-refractivity contribution >= 4 is 15.9 Å². The van der Waals surface area contributed by atoms with Gasteiger partial charge in [0.2, 0.25) is 0 Å². The first-order valence-electron chi connectivity index (χ1n) is 5.08. The summed E-state index contributed by atoms with van der Waals surface area (Å²) < 4.78 is 10.5. The van der Waals surface area contributed by atoms with Crippen LogP contribution in [0.3, 0.4) is 0 Å². The highest BCUT2D eigenvalue weighted by Crippen LogP contribution is 2.22. The molecule has 0 atom stereocenters. The standard InChI is InChI=1S/C12H12BrNO2/c1-2-15-10-5-3-9(4-6-10)12-7-11(8-13)16-14-12/h3-7H,2,8H2,1H3. The van der Waals surface area contributed by atoms with Crippen molar-refractivity contribution in [3.05, 3.63) is 36.1 Å². The summed E-state index contributed by atoms with van der Waals surface area (Å²) in [5.74, 6) is 1.69. The van der Waals surface area contributed by atoms with E-state index in [9.17, 15) is 0 Å². The van der Waals surface area contributed by atoms with Crippen molar-refractivity contribution in [2.45, 2.75) is 12.3 Å². The normalized spacial score (nSPS) is 10.4. The predicted octanol–water partition coefficient (Wildman–Crippen LogP) is 3.64. The molecule has 1 heterocycles. The van der Waals surface area contributed by atoms with Crippen molar-refractivity contribution in [2.75, 3.05) is 6.61 Å². The van der Waals surface area contributed by atoms with E-state index in [0.29, 0.717) is 11.9 Å². The van der Waals surface area contributed by atoms with Crippen LogP contribution >= 0.6 is 15.9 Å². The van der Waals surface area contributed by atoms with Crippen LogP contribution in [0.1, 0.15) is 12.7 Å². The zero-order valence-electron chi connectivity index (χ0n) is 8.94. The number of halogens is 1. The van der Waals surface area contributed by atoms with Gasteiger partial charge in [0.15, 0.2) is 0 Å². The van der Waals surface area contributed by atoms with E-state index < -0.39 is 0 Å². The Morgan fingerprint density at radius 1 is 1.31 bits per heavy atom.